The standard InChI is InChI=1S/C11H10BrNO/c1-8(7-13)6-11(14)9-4-2-3-5-10(9)12/h2-5,8H,6H2,1H3. The van der Waals surface area contributed by atoms with Gasteiger partial charge in [0.2, 0.25) is 0 Å². The van der Waals surface area contributed by atoms with Crippen molar-refractivity contribution in [3.63, 3.8) is 0 Å². The highest BCUT2D eigenvalue weighted by atomic mass is 79.9. The lowest BCUT2D eigenvalue weighted by molar-refractivity contribution is 0.0972. The zero-order valence-corrected chi connectivity index (χ0v) is 9.41. The molecule has 72 valence electrons. The summed E-state index contributed by atoms with van der Waals surface area (Å²) in [6, 6.07) is 9.30. The SMILES string of the molecule is CC(C#N)CC(=O)c1ccccc1Br. The Morgan fingerprint density at radius 1 is 1.57 bits per heavy atom. The Labute approximate surface area is 91.7 Å². The summed E-state index contributed by atoms with van der Waals surface area (Å²) in [7, 11) is 0. The first-order valence-electron chi connectivity index (χ1n) is 4.32. The minimum atomic E-state index is -0.227. The molecule has 1 atom stereocenters. The molecule has 2 nitrogen and oxygen atoms in total. The molecule has 1 aromatic rings. The first-order chi connectivity index (χ1) is 6.65. The maximum Gasteiger partial charge on any atom is 0.165 e. The normalized spacial score (nSPS) is 11.8. The molecule has 0 amide bonds. The molecular formula is C11H10BrNO. The molecule has 0 aliphatic heterocycles. The van der Waals surface area contributed by atoms with Gasteiger partial charge in [0.15, 0.2) is 5.78 Å². The van der Waals surface area contributed by atoms with Gasteiger partial charge in [-0.2, -0.15) is 5.26 Å². The molecule has 3 heteroatoms. The highest BCUT2D eigenvalue weighted by molar-refractivity contribution is 9.10. The maximum absolute atomic E-state index is 11.7. The average Bonchev–Trinajstić information content (AvgIpc) is 2.18. The summed E-state index contributed by atoms with van der Waals surface area (Å²) in [6.07, 6.45) is 0.277. The number of nitriles is 1. The largest absolute Gasteiger partial charge is 0.294 e. The molecule has 0 radical (unpaired) electrons. The highest BCUT2D eigenvalue weighted by Gasteiger charge is 2.12. The lowest BCUT2D eigenvalue weighted by Crippen LogP contribution is -2.05. The second-order valence-corrected chi connectivity index (χ2v) is 3.99. The van der Waals surface area contributed by atoms with E-state index in [1.54, 1.807) is 13.0 Å². The fraction of sp³-hybridized carbons (Fsp3) is 0.273. The molecule has 0 heterocycles. The van der Waals surface area contributed by atoms with Gasteiger partial charge in [-0.05, 0) is 13.0 Å². The van der Waals surface area contributed by atoms with Gasteiger partial charge in [-0.25, -0.2) is 0 Å². The summed E-state index contributed by atoms with van der Waals surface area (Å²) in [5, 5.41) is 8.59. The van der Waals surface area contributed by atoms with E-state index in [-0.39, 0.29) is 18.1 Å². The zero-order valence-electron chi connectivity index (χ0n) is 7.83. The van der Waals surface area contributed by atoms with E-state index in [1.807, 2.05) is 24.3 Å². The molecule has 1 unspecified atom stereocenters. The third kappa shape index (κ3) is 2.68. The summed E-state index contributed by atoms with van der Waals surface area (Å²) < 4.78 is 0.787. The molecular weight excluding hydrogens is 242 g/mol. The van der Waals surface area contributed by atoms with Crippen molar-refractivity contribution >= 4 is 21.7 Å². The summed E-state index contributed by atoms with van der Waals surface area (Å²) in [5.74, 6) is -0.221. The van der Waals surface area contributed by atoms with Gasteiger partial charge in [-0.15, -0.1) is 0 Å². The summed E-state index contributed by atoms with van der Waals surface area (Å²) >= 11 is 3.30. The van der Waals surface area contributed by atoms with Crippen LogP contribution in [0.15, 0.2) is 28.7 Å². The Kier molecular flexibility index (Phi) is 3.84. The fourth-order valence-electron chi connectivity index (χ4n) is 1.12. The molecule has 0 N–H and O–H groups in total. The molecule has 0 fully saturated rings. The Morgan fingerprint density at radius 3 is 2.79 bits per heavy atom. The first kappa shape index (κ1) is 10.9. The molecule has 0 spiro atoms. The molecule has 0 aliphatic rings. The minimum absolute atomic E-state index is 0.00604. The van der Waals surface area contributed by atoms with Crippen LogP contribution < -0.4 is 0 Å². The van der Waals surface area contributed by atoms with Crippen LogP contribution in [-0.4, -0.2) is 5.78 Å². The number of benzene rings is 1. The van der Waals surface area contributed by atoms with Crippen LogP contribution in [0.4, 0.5) is 0 Å². The number of hydrogen-bond acceptors (Lipinski definition) is 2. The summed E-state index contributed by atoms with van der Waals surface area (Å²) in [4.78, 5) is 11.7. The van der Waals surface area contributed by atoms with E-state index in [2.05, 4.69) is 15.9 Å². The van der Waals surface area contributed by atoms with Crippen molar-refractivity contribution < 1.29 is 4.79 Å². The number of rotatable bonds is 3. The van der Waals surface area contributed by atoms with E-state index in [0.717, 1.165) is 4.47 Å². The van der Waals surface area contributed by atoms with Gasteiger partial charge in [-0.3, -0.25) is 4.79 Å². The van der Waals surface area contributed by atoms with Crippen molar-refractivity contribution in [1.82, 2.24) is 0 Å². The van der Waals surface area contributed by atoms with Gasteiger partial charge < -0.3 is 0 Å². The van der Waals surface area contributed by atoms with E-state index in [9.17, 15) is 4.79 Å². The second kappa shape index (κ2) is 4.92. The van der Waals surface area contributed by atoms with Crippen LogP contribution in [-0.2, 0) is 0 Å². The van der Waals surface area contributed by atoms with E-state index in [1.165, 1.54) is 0 Å². The lowest BCUT2D eigenvalue weighted by atomic mass is 10.0. The maximum atomic E-state index is 11.7. The number of carbonyl (C=O) groups is 1. The quantitative estimate of drug-likeness (QED) is 0.775. The molecule has 14 heavy (non-hydrogen) atoms. The predicted molar refractivity (Wildman–Crippen MR) is 57.9 cm³/mol. The number of halogens is 1. The lowest BCUT2D eigenvalue weighted by Gasteiger charge is -2.03. The summed E-state index contributed by atoms with van der Waals surface area (Å²) in [6.45, 7) is 1.74. The van der Waals surface area contributed by atoms with Gasteiger partial charge in [0.05, 0.1) is 12.0 Å². The van der Waals surface area contributed by atoms with Gasteiger partial charge in [0, 0.05) is 16.5 Å². The van der Waals surface area contributed by atoms with E-state index in [4.69, 9.17) is 5.26 Å². The van der Waals surface area contributed by atoms with Crippen LogP contribution in [0.2, 0.25) is 0 Å². The number of nitrogens with zero attached hydrogens (tertiary/aromatic N) is 1. The molecule has 0 aliphatic carbocycles. The van der Waals surface area contributed by atoms with Crippen molar-refractivity contribution in [1.29, 1.82) is 5.26 Å². The van der Waals surface area contributed by atoms with Crippen LogP contribution >= 0.6 is 15.9 Å². The zero-order chi connectivity index (χ0) is 10.6. The van der Waals surface area contributed by atoms with E-state index in [0.29, 0.717) is 5.56 Å². The van der Waals surface area contributed by atoms with Crippen molar-refractivity contribution in [3.05, 3.63) is 34.3 Å². The molecule has 0 aromatic heterocycles. The van der Waals surface area contributed by atoms with Crippen LogP contribution in [0.25, 0.3) is 0 Å². The third-order valence-electron chi connectivity index (χ3n) is 1.89. The van der Waals surface area contributed by atoms with Crippen LogP contribution in [0.1, 0.15) is 23.7 Å². The molecule has 0 saturated carbocycles. The smallest absolute Gasteiger partial charge is 0.165 e. The fourth-order valence-corrected chi connectivity index (χ4v) is 1.63. The molecule has 1 aromatic carbocycles. The topological polar surface area (TPSA) is 40.9 Å². The number of carbonyl (C=O) groups excluding carboxylic acids is 1. The Bertz CT molecular complexity index is 381. The van der Waals surface area contributed by atoms with Gasteiger partial charge in [0.25, 0.3) is 0 Å². The molecule has 0 saturated heterocycles. The molecule has 0 bridgehead atoms. The van der Waals surface area contributed by atoms with Crippen molar-refractivity contribution in [2.75, 3.05) is 0 Å². The van der Waals surface area contributed by atoms with Gasteiger partial charge in [0.1, 0.15) is 0 Å². The van der Waals surface area contributed by atoms with Gasteiger partial charge >= 0.3 is 0 Å². The Morgan fingerprint density at radius 2 is 2.21 bits per heavy atom. The van der Waals surface area contributed by atoms with Crippen molar-refractivity contribution in [2.45, 2.75) is 13.3 Å². The van der Waals surface area contributed by atoms with Crippen LogP contribution in [0.5, 0.6) is 0 Å². The predicted octanol–water partition coefficient (Wildman–Crippen LogP) is 3.18. The number of hydrogen-bond donors (Lipinski definition) is 0. The highest BCUT2D eigenvalue weighted by Crippen LogP contribution is 2.19. The Hall–Kier alpha value is -1.14. The van der Waals surface area contributed by atoms with Crippen molar-refractivity contribution in [2.24, 2.45) is 5.92 Å². The van der Waals surface area contributed by atoms with E-state index < -0.39 is 0 Å². The van der Waals surface area contributed by atoms with Crippen molar-refractivity contribution in [3.8, 4) is 6.07 Å². The van der Waals surface area contributed by atoms with Crippen LogP contribution in [0, 0.1) is 17.2 Å². The average molecular weight is 252 g/mol. The number of ketones is 1. The van der Waals surface area contributed by atoms with Crippen LogP contribution in [0.3, 0.4) is 0 Å². The first-order valence-corrected chi connectivity index (χ1v) is 5.11. The minimum Gasteiger partial charge on any atom is -0.294 e. The molecule has 1 rings (SSSR count). The third-order valence-corrected chi connectivity index (χ3v) is 2.58. The second-order valence-electron chi connectivity index (χ2n) is 3.14. The summed E-state index contributed by atoms with van der Waals surface area (Å²) in [5.41, 5.74) is 0.648. The van der Waals surface area contributed by atoms with E-state index >= 15 is 0 Å². The number of Topliss-reactive ketones (excluding diaryl/α,β-unsaturated/α-hetero) is 1. The van der Waals surface area contributed by atoms with Gasteiger partial charge in [-0.1, -0.05) is 34.1 Å². The Balaban J connectivity index is 2.81. The monoisotopic (exact) mass is 251 g/mol.